The molecule has 1 aromatic carbocycles. The summed E-state index contributed by atoms with van der Waals surface area (Å²) in [5.74, 6) is 0.143. The van der Waals surface area contributed by atoms with Crippen LogP contribution >= 0.6 is 0 Å². The van der Waals surface area contributed by atoms with Crippen molar-refractivity contribution in [3.8, 4) is 5.75 Å². The number of rotatable bonds is 2. The number of phenolic OH excluding ortho intramolecular Hbond substituents is 1. The molecule has 0 atom stereocenters. The molecule has 0 bridgehead atoms. The summed E-state index contributed by atoms with van der Waals surface area (Å²) in [6, 6.07) is 4.91. The van der Waals surface area contributed by atoms with E-state index >= 15 is 0 Å². The lowest BCUT2D eigenvalue weighted by Gasteiger charge is -1.96. The van der Waals surface area contributed by atoms with Gasteiger partial charge in [0, 0.05) is 10.4 Å². The van der Waals surface area contributed by atoms with E-state index in [0.717, 1.165) is 0 Å². The Kier molecular flexibility index (Phi) is 3.13. The lowest BCUT2D eigenvalue weighted by Crippen LogP contribution is -2.26. The summed E-state index contributed by atoms with van der Waals surface area (Å²) in [6.07, 6.45) is 4.51. The van der Waals surface area contributed by atoms with Crippen molar-refractivity contribution in [1.29, 1.82) is 0 Å². The molecular weight excluding hydrogens is 176 g/mol. The molecule has 0 aliphatic heterocycles. The molecule has 1 rings (SSSR count). The fourth-order valence-electron chi connectivity index (χ4n) is 1.18. The van der Waals surface area contributed by atoms with Gasteiger partial charge >= 0.3 is 0 Å². The number of hydrogen-bond donors (Lipinski definition) is 2. The highest BCUT2D eigenvalue weighted by atomic mass is 16.3. The normalized spacial score (nSPS) is 13.6. The molecule has 0 aromatic heterocycles. The standard InChI is InChI=1S/C12H12O2/c1-3-6-9-10(11(13)4-2)7-5-8-12(9)14/h3-8,13-14H,1-2H2/b9-6+,11-10+. The quantitative estimate of drug-likeness (QED) is 0.732. The summed E-state index contributed by atoms with van der Waals surface area (Å²) in [4.78, 5) is 0. The van der Waals surface area contributed by atoms with Crippen LogP contribution in [0.3, 0.4) is 0 Å². The van der Waals surface area contributed by atoms with E-state index in [0.29, 0.717) is 10.4 Å². The third-order valence-electron chi connectivity index (χ3n) is 1.84. The zero-order valence-electron chi connectivity index (χ0n) is 7.77. The van der Waals surface area contributed by atoms with E-state index in [2.05, 4.69) is 13.2 Å². The van der Waals surface area contributed by atoms with E-state index in [9.17, 15) is 10.2 Å². The molecule has 0 saturated carbocycles. The molecule has 0 spiro atoms. The van der Waals surface area contributed by atoms with Crippen LogP contribution in [0.5, 0.6) is 5.75 Å². The number of hydrogen-bond acceptors (Lipinski definition) is 2. The van der Waals surface area contributed by atoms with Gasteiger partial charge in [-0.05, 0) is 12.1 Å². The van der Waals surface area contributed by atoms with Crippen LogP contribution in [0.4, 0.5) is 0 Å². The maximum atomic E-state index is 9.53. The first-order valence-corrected chi connectivity index (χ1v) is 4.17. The van der Waals surface area contributed by atoms with E-state index in [4.69, 9.17) is 0 Å². The summed E-state index contributed by atoms with van der Waals surface area (Å²) in [5.41, 5.74) is 0. The van der Waals surface area contributed by atoms with Gasteiger partial charge in [-0.25, -0.2) is 0 Å². The number of aliphatic hydroxyl groups is 1. The second kappa shape index (κ2) is 4.33. The van der Waals surface area contributed by atoms with Crippen LogP contribution in [-0.2, 0) is 0 Å². The Morgan fingerprint density at radius 1 is 1.29 bits per heavy atom. The fourth-order valence-corrected chi connectivity index (χ4v) is 1.18. The summed E-state index contributed by atoms with van der Waals surface area (Å²) in [6.45, 7) is 7.00. The van der Waals surface area contributed by atoms with Crippen LogP contribution < -0.4 is 10.4 Å². The van der Waals surface area contributed by atoms with Crippen molar-refractivity contribution in [2.75, 3.05) is 0 Å². The minimum atomic E-state index is 0.0361. The smallest absolute Gasteiger partial charge is 0.123 e. The summed E-state index contributed by atoms with van der Waals surface area (Å²) >= 11 is 0. The van der Waals surface area contributed by atoms with Gasteiger partial charge in [-0.2, -0.15) is 0 Å². The van der Waals surface area contributed by atoms with Gasteiger partial charge in [0.2, 0.25) is 0 Å². The summed E-state index contributed by atoms with van der Waals surface area (Å²) in [7, 11) is 0. The van der Waals surface area contributed by atoms with Gasteiger partial charge < -0.3 is 10.2 Å². The summed E-state index contributed by atoms with van der Waals surface area (Å²) in [5, 5.41) is 20.1. The van der Waals surface area contributed by atoms with Gasteiger partial charge in [0.05, 0.1) is 0 Å². The number of aliphatic hydroxyl groups excluding tert-OH is 1. The molecule has 0 aliphatic carbocycles. The molecule has 14 heavy (non-hydrogen) atoms. The Morgan fingerprint density at radius 3 is 2.57 bits per heavy atom. The molecular formula is C12H12O2. The lowest BCUT2D eigenvalue weighted by atomic mass is 10.2. The average molecular weight is 188 g/mol. The highest BCUT2D eigenvalue weighted by molar-refractivity contribution is 5.51. The monoisotopic (exact) mass is 188 g/mol. The first-order valence-electron chi connectivity index (χ1n) is 4.17. The van der Waals surface area contributed by atoms with Gasteiger partial charge in [0.15, 0.2) is 0 Å². The number of aromatic hydroxyl groups is 1. The van der Waals surface area contributed by atoms with Gasteiger partial charge in [0.1, 0.15) is 11.5 Å². The van der Waals surface area contributed by atoms with E-state index in [1.165, 1.54) is 6.08 Å². The van der Waals surface area contributed by atoms with Crippen molar-refractivity contribution in [2.24, 2.45) is 0 Å². The van der Waals surface area contributed by atoms with Crippen molar-refractivity contribution in [3.63, 3.8) is 0 Å². The Bertz CT molecular complexity index is 470. The van der Waals surface area contributed by atoms with Crippen LogP contribution in [0.1, 0.15) is 0 Å². The molecule has 2 nitrogen and oxygen atoms in total. The predicted octanol–water partition coefficient (Wildman–Crippen LogP) is 1.21. The van der Waals surface area contributed by atoms with Crippen LogP contribution in [0, 0.1) is 0 Å². The second-order valence-corrected chi connectivity index (χ2v) is 2.73. The Morgan fingerprint density at radius 2 is 2.00 bits per heavy atom. The van der Waals surface area contributed by atoms with Crippen molar-refractivity contribution < 1.29 is 10.2 Å². The average Bonchev–Trinajstić information content (AvgIpc) is 2.20. The van der Waals surface area contributed by atoms with E-state index < -0.39 is 0 Å². The van der Waals surface area contributed by atoms with Crippen molar-refractivity contribution in [2.45, 2.75) is 0 Å². The first-order chi connectivity index (χ1) is 6.70. The predicted molar refractivity (Wildman–Crippen MR) is 58.3 cm³/mol. The molecule has 0 unspecified atom stereocenters. The molecule has 0 fully saturated rings. The van der Waals surface area contributed by atoms with Crippen LogP contribution in [-0.4, -0.2) is 10.2 Å². The molecule has 0 heterocycles. The van der Waals surface area contributed by atoms with Crippen molar-refractivity contribution in [3.05, 3.63) is 53.9 Å². The zero-order chi connectivity index (χ0) is 10.6. The largest absolute Gasteiger partial charge is 0.507 e. The highest BCUT2D eigenvalue weighted by Crippen LogP contribution is 1.96. The minimum Gasteiger partial charge on any atom is -0.507 e. The van der Waals surface area contributed by atoms with Gasteiger partial charge in [-0.3, -0.25) is 0 Å². The molecule has 1 aromatic rings. The number of allylic oxidation sites excluding steroid dienone is 1. The second-order valence-electron chi connectivity index (χ2n) is 2.73. The molecule has 0 aliphatic rings. The molecule has 0 saturated heterocycles. The Labute approximate surface area is 82.5 Å². The third kappa shape index (κ3) is 1.85. The van der Waals surface area contributed by atoms with Gasteiger partial charge in [-0.15, -0.1) is 0 Å². The SMILES string of the molecule is C=C/C=c1/c(O)ccc/c1=C(\O)C=C. The number of phenols is 1. The van der Waals surface area contributed by atoms with Crippen LogP contribution in [0.15, 0.2) is 43.5 Å². The lowest BCUT2D eigenvalue weighted by molar-refractivity contribution is 0.468. The van der Waals surface area contributed by atoms with E-state index in [-0.39, 0.29) is 11.5 Å². The van der Waals surface area contributed by atoms with Crippen molar-refractivity contribution in [1.82, 2.24) is 0 Å². The third-order valence-corrected chi connectivity index (χ3v) is 1.84. The Hall–Kier alpha value is -1.96. The van der Waals surface area contributed by atoms with E-state index in [1.807, 2.05) is 0 Å². The first kappa shape index (κ1) is 10.1. The summed E-state index contributed by atoms with van der Waals surface area (Å²) < 4.78 is 0. The topological polar surface area (TPSA) is 40.5 Å². The number of benzene rings is 1. The highest BCUT2D eigenvalue weighted by Gasteiger charge is 1.95. The molecule has 2 N–H and O–H groups in total. The maximum absolute atomic E-state index is 9.53. The van der Waals surface area contributed by atoms with Crippen LogP contribution in [0.25, 0.3) is 11.8 Å². The molecule has 0 amide bonds. The Balaban J connectivity index is 3.78. The maximum Gasteiger partial charge on any atom is 0.123 e. The molecule has 2 heteroatoms. The van der Waals surface area contributed by atoms with E-state index in [1.54, 1.807) is 30.4 Å². The van der Waals surface area contributed by atoms with Crippen molar-refractivity contribution >= 4 is 11.8 Å². The zero-order valence-corrected chi connectivity index (χ0v) is 7.77. The minimum absolute atomic E-state index is 0.0361. The van der Waals surface area contributed by atoms with Gasteiger partial charge in [0.25, 0.3) is 0 Å². The molecule has 0 radical (unpaired) electrons. The molecule has 72 valence electrons. The van der Waals surface area contributed by atoms with Crippen LogP contribution in [0.2, 0.25) is 0 Å². The fraction of sp³-hybridized carbons (Fsp3) is 0. The van der Waals surface area contributed by atoms with Gasteiger partial charge in [-0.1, -0.05) is 37.4 Å².